The van der Waals surface area contributed by atoms with Crippen molar-refractivity contribution < 1.29 is 13.2 Å². The summed E-state index contributed by atoms with van der Waals surface area (Å²) in [6.07, 6.45) is 0.878. The van der Waals surface area contributed by atoms with Crippen LogP contribution in [0.1, 0.15) is 35.1 Å². The first-order valence-electron chi connectivity index (χ1n) is 11.0. The molecular formula is C24H28N6O3S. The predicted molar refractivity (Wildman–Crippen MR) is 132 cm³/mol. The third-order valence-corrected chi connectivity index (χ3v) is 7.42. The third kappa shape index (κ3) is 4.28. The normalized spacial score (nSPS) is 11.7. The van der Waals surface area contributed by atoms with Gasteiger partial charge in [0.1, 0.15) is 10.7 Å². The standard InChI is InChI=1S/C24H28N6O3S/c1-6-13-25-24(31)18-9-7-17(8-10-18)23-26-20-14-19(11-12-21(20)29(23)4)28-34(32,33)22-15(2)27-30(5)16(22)3/h7-12,14,28H,6,13H2,1-5H3,(H,25,31). The van der Waals surface area contributed by atoms with Crippen molar-refractivity contribution in [3.05, 3.63) is 59.4 Å². The van der Waals surface area contributed by atoms with E-state index in [0.29, 0.717) is 34.7 Å². The second kappa shape index (κ2) is 8.94. The lowest BCUT2D eigenvalue weighted by atomic mass is 10.1. The highest BCUT2D eigenvalue weighted by Crippen LogP contribution is 2.28. The van der Waals surface area contributed by atoms with Gasteiger partial charge in [-0.05, 0) is 50.6 Å². The van der Waals surface area contributed by atoms with Crippen LogP contribution >= 0.6 is 0 Å². The lowest BCUT2D eigenvalue weighted by molar-refractivity contribution is 0.0953. The number of aromatic nitrogens is 4. The molecule has 0 bridgehead atoms. The quantitative estimate of drug-likeness (QED) is 0.420. The maximum atomic E-state index is 13.0. The molecule has 0 unspecified atom stereocenters. The van der Waals surface area contributed by atoms with Crippen molar-refractivity contribution in [3.8, 4) is 11.4 Å². The van der Waals surface area contributed by atoms with E-state index in [2.05, 4.69) is 15.1 Å². The van der Waals surface area contributed by atoms with Gasteiger partial charge >= 0.3 is 0 Å². The summed E-state index contributed by atoms with van der Waals surface area (Å²) in [5, 5.41) is 7.07. The molecule has 2 aromatic carbocycles. The molecule has 0 atom stereocenters. The van der Waals surface area contributed by atoms with Crippen LogP contribution < -0.4 is 10.0 Å². The van der Waals surface area contributed by atoms with E-state index in [0.717, 1.165) is 23.3 Å². The molecular weight excluding hydrogens is 452 g/mol. The van der Waals surface area contributed by atoms with Gasteiger partial charge < -0.3 is 9.88 Å². The molecule has 4 rings (SSSR count). The van der Waals surface area contributed by atoms with Crippen LogP contribution in [0.25, 0.3) is 22.4 Å². The Balaban J connectivity index is 1.63. The number of hydrogen-bond donors (Lipinski definition) is 2. The second-order valence-electron chi connectivity index (χ2n) is 8.26. The summed E-state index contributed by atoms with van der Waals surface area (Å²) in [7, 11) is -0.187. The summed E-state index contributed by atoms with van der Waals surface area (Å²) < 4.78 is 32.2. The van der Waals surface area contributed by atoms with Crippen LogP contribution in [0.4, 0.5) is 5.69 Å². The summed E-state index contributed by atoms with van der Waals surface area (Å²) in [4.78, 5) is 17.1. The Kier molecular flexibility index (Phi) is 6.18. The number of nitrogens with one attached hydrogen (secondary N) is 2. The van der Waals surface area contributed by atoms with Gasteiger partial charge in [-0.1, -0.05) is 19.1 Å². The van der Waals surface area contributed by atoms with Gasteiger partial charge in [0.25, 0.3) is 15.9 Å². The van der Waals surface area contributed by atoms with Crippen molar-refractivity contribution in [1.82, 2.24) is 24.6 Å². The Bertz CT molecular complexity index is 1480. The SMILES string of the molecule is CCCNC(=O)c1ccc(-c2nc3cc(NS(=O)(=O)c4c(C)nn(C)c4C)ccc3n2C)cc1. The Morgan fingerprint density at radius 2 is 1.76 bits per heavy atom. The van der Waals surface area contributed by atoms with Gasteiger partial charge in [-0.2, -0.15) is 5.10 Å². The first-order valence-corrected chi connectivity index (χ1v) is 12.5. The molecule has 0 saturated carbocycles. The smallest absolute Gasteiger partial charge is 0.265 e. The number of rotatable bonds is 7. The first kappa shape index (κ1) is 23.5. The fourth-order valence-corrected chi connectivity index (χ4v) is 5.47. The van der Waals surface area contributed by atoms with E-state index in [-0.39, 0.29) is 10.8 Å². The molecule has 178 valence electrons. The van der Waals surface area contributed by atoms with Crippen molar-refractivity contribution in [2.45, 2.75) is 32.1 Å². The van der Waals surface area contributed by atoms with Gasteiger partial charge in [0.15, 0.2) is 0 Å². The molecule has 34 heavy (non-hydrogen) atoms. The van der Waals surface area contributed by atoms with Crippen LogP contribution in [0.2, 0.25) is 0 Å². The number of imidazole rings is 1. The predicted octanol–water partition coefficient (Wildman–Crippen LogP) is 3.53. The highest BCUT2D eigenvalue weighted by molar-refractivity contribution is 7.92. The fraction of sp³-hybridized carbons (Fsp3) is 0.292. The minimum Gasteiger partial charge on any atom is -0.352 e. The number of fused-ring (bicyclic) bond motifs is 1. The van der Waals surface area contributed by atoms with Gasteiger partial charge in [0.2, 0.25) is 0 Å². The van der Waals surface area contributed by atoms with E-state index in [9.17, 15) is 13.2 Å². The lowest BCUT2D eigenvalue weighted by Crippen LogP contribution is -2.23. The van der Waals surface area contributed by atoms with E-state index in [1.54, 1.807) is 49.8 Å². The molecule has 0 aliphatic carbocycles. The van der Waals surface area contributed by atoms with Crippen molar-refractivity contribution in [1.29, 1.82) is 0 Å². The van der Waals surface area contributed by atoms with E-state index in [1.165, 1.54) is 0 Å². The number of carbonyl (C=O) groups excluding carboxylic acids is 1. The Hall–Kier alpha value is -3.66. The summed E-state index contributed by atoms with van der Waals surface area (Å²) in [6.45, 7) is 6.04. The second-order valence-corrected chi connectivity index (χ2v) is 9.88. The van der Waals surface area contributed by atoms with E-state index < -0.39 is 10.0 Å². The van der Waals surface area contributed by atoms with Gasteiger partial charge in [-0.25, -0.2) is 13.4 Å². The fourth-order valence-electron chi connectivity index (χ4n) is 3.98. The zero-order valence-electron chi connectivity index (χ0n) is 19.9. The topological polar surface area (TPSA) is 111 Å². The zero-order chi connectivity index (χ0) is 24.6. The van der Waals surface area contributed by atoms with Gasteiger partial charge in [0.05, 0.1) is 28.1 Å². The van der Waals surface area contributed by atoms with Crippen LogP contribution in [0.5, 0.6) is 0 Å². The van der Waals surface area contributed by atoms with Crippen molar-refractivity contribution in [3.63, 3.8) is 0 Å². The average molecular weight is 481 g/mol. The third-order valence-electron chi connectivity index (χ3n) is 5.79. The van der Waals surface area contributed by atoms with E-state index in [4.69, 9.17) is 4.98 Å². The number of benzene rings is 2. The van der Waals surface area contributed by atoms with E-state index >= 15 is 0 Å². The van der Waals surface area contributed by atoms with Crippen LogP contribution in [0, 0.1) is 13.8 Å². The number of nitrogens with zero attached hydrogens (tertiary/aromatic N) is 4. The first-order chi connectivity index (χ1) is 16.1. The highest BCUT2D eigenvalue weighted by atomic mass is 32.2. The minimum atomic E-state index is -3.80. The maximum Gasteiger partial charge on any atom is 0.265 e. The van der Waals surface area contributed by atoms with Crippen molar-refractivity contribution in [2.75, 3.05) is 11.3 Å². The minimum absolute atomic E-state index is 0.102. The Labute approximate surface area is 198 Å². The van der Waals surface area contributed by atoms with Crippen LogP contribution in [-0.4, -0.2) is 40.2 Å². The molecule has 0 aliphatic heterocycles. The van der Waals surface area contributed by atoms with E-state index in [1.807, 2.05) is 36.7 Å². The van der Waals surface area contributed by atoms with Gasteiger partial charge in [-0.3, -0.25) is 14.2 Å². The number of hydrogen-bond acceptors (Lipinski definition) is 5. The zero-order valence-corrected chi connectivity index (χ0v) is 20.7. The number of carbonyl (C=O) groups is 1. The average Bonchev–Trinajstić information content (AvgIpc) is 3.26. The number of amides is 1. The molecule has 2 aromatic heterocycles. The molecule has 0 saturated heterocycles. The monoisotopic (exact) mass is 480 g/mol. The Morgan fingerprint density at radius 3 is 2.38 bits per heavy atom. The summed E-state index contributed by atoms with van der Waals surface area (Å²) in [6, 6.07) is 12.5. The summed E-state index contributed by atoms with van der Waals surface area (Å²) >= 11 is 0. The largest absolute Gasteiger partial charge is 0.352 e. The van der Waals surface area contributed by atoms with Crippen molar-refractivity contribution >= 4 is 32.7 Å². The maximum absolute atomic E-state index is 13.0. The lowest BCUT2D eigenvalue weighted by Gasteiger charge is -2.08. The highest BCUT2D eigenvalue weighted by Gasteiger charge is 2.24. The molecule has 0 aliphatic rings. The summed E-state index contributed by atoms with van der Waals surface area (Å²) in [5.41, 5.74) is 4.39. The molecule has 9 nitrogen and oxygen atoms in total. The molecule has 0 radical (unpaired) electrons. The Morgan fingerprint density at radius 1 is 1.06 bits per heavy atom. The molecule has 0 fully saturated rings. The molecule has 1 amide bonds. The van der Waals surface area contributed by atoms with Gasteiger partial charge in [0, 0.05) is 31.8 Å². The molecule has 10 heteroatoms. The number of sulfonamides is 1. The summed E-state index contributed by atoms with van der Waals surface area (Å²) in [5.74, 6) is 0.615. The molecule has 2 heterocycles. The van der Waals surface area contributed by atoms with Crippen molar-refractivity contribution in [2.24, 2.45) is 14.1 Å². The number of aryl methyl sites for hydroxylation is 3. The van der Waals surface area contributed by atoms with Crippen LogP contribution in [-0.2, 0) is 24.1 Å². The van der Waals surface area contributed by atoms with Crippen LogP contribution in [0.3, 0.4) is 0 Å². The molecule has 0 spiro atoms. The van der Waals surface area contributed by atoms with Crippen LogP contribution in [0.15, 0.2) is 47.4 Å². The molecule has 4 aromatic rings. The molecule has 2 N–H and O–H groups in total. The number of anilines is 1. The van der Waals surface area contributed by atoms with Gasteiger partial charge in [-0.15, -0.1) is 0 Å².